The van der Waals surface area contributed by atoms with Crippen LogP contribution < -0.4 is 0 Å². The fourth-order valence-corrected chi connectivity index (χ4v) is 2.22. The molecule has 0 bridgehead atoms. The SMILES string of the molecule is CC(C)Cc1cc(CN2C[C@@H](C(=O)O)CC2=O)on1. The van der Waals surface area contributed by atoms with E-state index in [0.29, 0.717) is 18.2 Å². The van der Waals surface area contributed by atoms with Crippen LogP contribution in [0.15, 0.2) is 10.6 Å². The van der Waals surface area contributed by atoms with Gasteiger partial charge >= 0.3 is 5.97 Å². The molecule has 1 atom stereocenters. The molecule has 104 valence electrons. The van der Waals surface area contributed by atoms with E-state index >= 15 is 0 Å². The summed E-state index contributed by atoms with van der Waals surface area (Å²) < 4.78 is 5.18. The molecule has 6 heteroatoms. The zero-order valence-corrected chi connectivity index (χ0v) is 11.1. The summed E-state index contributed by atoms with van der Waals surface area (Å²) in [5.74, 6) is -0.577. The van der Waals surface area contributed by atoms with Crippen LogP contribution in [-0.2, 0) is 22.6 Å². The molecule has 0 aliphatic carbocycles. The molecule has 1 aliphatic heterocycles. The van der Waals surface area contributed by atoms with Gasteiger partial charge in [-0.3, -0.25) is 9.59 Å². The Morgan fingerprint density at radius 2 is 2.37 bits per heavy atom. The molecule has 1 aliphatic rings. The second kappa shape index (κ2) is 5.42. The van der Waals surface area contributed by atoms with Crippen molar-refractivity contribution in [3.63, 3.8) is 0 Å². The van der Waals surface area contributed by atoms with Crippen molar-refractivity contribution in [2.75, 3.05) is 6.54 Å². The van der Waals surface area contributed by atoms with Crippen LogP contribution in [0.4, 0.5) is 0 Å². The van der Waals surface area contributed by atoms with Crippen LogP contribution in [0.25, 0.3) is 0 Å². The Labute approximate surface area is 111 Å². The smallest absolute Gasteiger partial charge is 0.308 e. The fraction of sp³-hybridized carbons (Fsp3) is 0.615. The number of carbonyl (C=O) groups is 2. The minimum Gasteiger partial charge on any atom is -0.481 e. The minimum atomic E-state index is -0.922. The Morgan fingerprint density at radius 3 is 2.95 bits per heavy atom. The summed E-state index contributed by atoms with van der Waals surface area (Å²) in [5.41, 5.74) is 0.867. The van der Waals surface area contributed by atoms with Gasteiger partial charge in [0.2, 0.25) is 5.91 Å². The highest BCUT2D eigenvalue weighted by Gasteiger charge is 2.34. The minimum absolute atomic E-state index is 0.0717. The third-order valence-electron chi connectivity index (χ3n) is 3.14. The molecule has 1 saturated heterocycles. The van der Waals surface area contributed by atoms with Crippen LogP contribution in [0.3, 0.4) is 0 Å². The van der Waals surface area contributed by atoms with Crippen LogP contribution in [0.1, 0.15) is 31.7 Å². The lowest BCUT2D eigenvalue weighted by molar-refractivity contribution is -0.141. The Bertz CT molecular complexity index is 481. The molecular weight excluding hydrogens is 248 g/mol. The first-order valence-corrected chi connectivity index (χ1v) is 6.40. The molecular formula is C13H18N2O4. The average molecular weight is 266 g/mol. The van der Waals surface area contributed by atoms with Crippen molar-refractivity contribution in [3.8, 4) is 0 Å². The van der Waals surface area contributed by atoms with Crippen molar-refractivity contribution in [2.45, 2.75) is 33.2 Å². The van der Waals surface area contributed by atoms with Gasteiger partial charge < -0.3 is 14.5 Å². The number of carboxylic acid groups (broad SMARTS) is 1. The van der Waals surface area contributed by atoms with Gasteiger partial charge in [-0.1, -0.05) is 19.0 Å². The van der Waals surface area contributed by atoms with Crippen LogP contribution >= 0.6 is 0 Å². The van der Waals surface area contributed by atoms with Gasteiger partial charge in [-0.15, -0.1) is 0 Å². The fourth-order valence-electron chi connectivity index (χ4n) is 2.22. The van der Waals surface area contributed by atoms with Gasteiger partial charge in [0.05, 0.1) is 18.2 Å². The van der Waals surface area contributed by atoms with Crippen molar-refractivity contribution in [1.82, 2.24) is 10.1 Å². The highest BCUT2D eigenvalue weighted by Crippen LogP contribution is 2.21. The molecule has 0 spiro atoms. The van der Waals surface area contributed by atoms with Crippen LogP contribution in [0.5, 0.6) is 0 Å². The number of aromatic nitrogens is 1. The zero-order chi connectivity index (χ0) is 14.0. The van der Waals surface area contributed by atoms with Gasteiger partial charge in [0.15, 0.2) is 5.76 Å². The summed E-state index contributed by atoms with van der Waals surface area (Å²) in [6, 6.07) is 1.83. The Morgan fingerprint density at radius 1 is 1.63 bits per heavy atom. The van der Waals surface area contributed by atoms with E-state index in [0.717, 1.165) is 12.1 Å². The number of likely N-dealkylation sites (tertiary alicyclic amines) is 1. The summed E-state index contributed by atoms with van der Waals surface area (Å²) in [6.07, 6.45) is 0.900. The van der Waals surface area contributed by atoms with Gasteiger partial charge in [0.1, 0.15) is 0 Å². The topological polar surface area (TPSA) is 83.6 Å². The summed E-state index contributed by atoms with van der Waals surface area (Å²) in [6.45, 7) is 4.73. The van der Waals surface area contributed by atoms with Crippen molar-refractivity contribution in [2.24, 2.45) is 11.8 Å². The van der Waals surface area contributed by atoms with E-state index in [1.165, 1.54) is 4.90 Å². The van der Waals surface area contributed by atoms with Gasteiger partial charge in [0, 0.05) is 19.0 Å². The molecule has 1 aromatic rings. The first kappa shape index (κ1) is 13.6. The molecule has 0 unspecified atom stereocenters. The molecule has 1 fully saturated rings. The van der Waals surface area contributed by atoms with Crippen molar-refractivity contribution < 1.29 is 19.2 Å². The number of aliphatic carboxylic acids is 1. The molecule has 2 rings (SSSR count). The quantitative estimate of drug-likeness (QED) is 0.868. The van der Waals surface area contributed by atoms with E-state index in [2.05, 4.69) is 19.0 Å². The summed E-state index contributed by atoms with van der Waals surface area (Å²) in [5, 5.41) is 12.9. The maximum Gasteiger partial charge on any atom is 0.308 e. The normalized spacial score (nSPS) is 19.4. The second-order valence-corrected chi connectivity index (χ2v) is 5.40. The first-order chi connectivity index (χ1) is 8.95. The first-order valence-electron chi connectivity index (χ1n) is 6.40. The van der Waals surface area contributed by atoms with Crippen LogP contribution in [-0.4, -0.2) is 33.6 Å². The molecule has 1 amide bonds. The summed E-state index contributed by atoms with van der Waals surface area (Å²) in [7, 11) is 0. The Balaban J connectivity index is 1.96. The lowest BCUT2D eigenvalue weighted by atomic mass is 10.1. The lowest BCUT2D eigenvalue weighted by Crippen LogP contribution is -2.25. The molecule has 1 N–H and O–H groups in total. The number of carbonyl (C=O) groups excluding carboxylic acids is 1. The van der Waals surface area contributed by atoms with Crippen LogP contribution in [0.2, 0.25) is 0 Å². The van der Waals surface area contributed by atoms with Crippen LogP contribution in [0, 0.1) is 11.8 Å². The highest BCUT2D eigenvalue weighted by atomic mass is 16.5. The predicted molar refractivity (Wildman–Crippen MR) is 66.2 cm³/mol. The average Bonchev–Trinajstić information content (AvgIpc) is 2.87. The molecule has 6 nitrogen and oxygen atoms in total. The van der Waals surface area contributed by atoms with Crippen molar-refractivity contribution in [1.29, 1.82) is 0 Å². The van der Waals surface area contributed by atoms with E-state index in [9.17, 15) is 9.59 Å². The maximum absolute atomic E-state index is 11.7. The Hall–Kier alpha value is -1.85. The van der Waals surface area contributed by atoms with E-state index in [4.69, 9.17) is 9.63 Å². The summed E-state index contributed by atoms with van der Waals surface area (Å²) in [4.78, 5) is 24.0. The molecule has 1 aromatic heterocycles. The lowest BCUT2D eigenvalue weighted by Gasteiger charge is -2.13. The number of nitrogens with zero attached hydrogens (tertiary/aromatic N) is 2. The van der Waals surface area contributed by atoms with Gasteiger partial charge in [-0.05, 0) is 12.3 Å². The van der Waals surface area contributed by atoms with E-state index in [-0.39, 0.29) is 18.9 Å². The zero-order valence-electron chi connectivity index (χ0n) is 11.1. The number of hydrogen-bond donors (Lipinski definition) is 1. The Kier molecular flexibility index (Phi) is 3.87. The van der Waals surface area contributed by atoms with E-state index in [1.807, 2.05) is 6.07 Å². The second-order valence-electron chi connectivity index (χ2n) is 5.40. The number of amides is 1. The third-order valence-corrected chi connectivity index (χ3v) is 3.14. The number of carboxylic acids is 1. The van der Waals surface area contributed by atoms with Crippen molar-refractivity contribution in [3.05, 3.63) is 17.5 Å². The molecule has 0 radical (unpaired) electrons. The highest BCUT2D eigenvalue weighted by molar-refractivity contribution is 5.85. The number of hydrogen-bond acceptors (Lipinski definition) is 4. The monoisotopic (exact) mass is 266 g/mol. The van der Waals surface area contributed by atoms with Gasteiger partial charge in [-0.25, -0.2) is 0 Å². The largest absolute Gasteiger partial charge is 0.481 e. The molecule has 2 heterocycles. The molecule has 19 heavy (non-hydrogen) atoms. The van der Waals surface area contributed by atoms with E-state index in [1.54, 1.807) is 0 Å². The van der Waals surface area contributed by atoms with Crippen molar-refractivity contribution >= 4 is 11.9 Å². The number of rotatable bonds is 5. The van der Waals surface area contributed by atoms with Gasteiger partial charge in [-0.2, -0.15) is 0 Å². The maximum atomic E-state index is 11.7. The predicted octanol–water partition coefficient (Wildman–Crippen LogP) is 1.31. The third kappa shape index (κ3) is 3.33. The molecule has 0 saturated carbocycles. The van der Waals surface area contributed by atoms with E-state index < -0.39 is 11.9 Å². The molecule has 0 aromatic carbocycles. The standard InChI is InChI=1S/C13H18N2O4/c1-8(2)3-10-5-11(19-14-10)7-15-6-9(13(17)18)4-12(15)16/h5,8-9H,3-4,6-7H2,1-2H3,(H,17,18)/t9-/m0/s1. The summed E-state index contributed by atoms with van der Waals surface area (Å²) >= 11 is 0. The van der Waals surface area contributed by atoms with Gasteiger partial charge in [0.25, 0.3) is 0 Å².